The van der Waals surface area contributed by atoms with Crippen molar-refractivity contribution in [1.29, 1.82) is 0 Å². The van der Waals surface area contributed by atoms with Gasteiger partial charge in [0.15, 0.2) is 5.96 Å². The molecule has 2 N–H and O–H groups in total. The third-order valence-corrected chi connectivity index (χ3v) is 5.08. The average Bonchev–Trinajstić information content (AvgIpc) is 3.27. The van der Waals surface area contributed by atoms with Crippen LogP contribution < -0.4 is 10.6 Å². The van der Waals surface area contributed by atoms with Gasteiger partial charge in [0.25, 0.3) is 0 Å². The molecule has 0 amide bonds. The fraction of sp³-hybridized carbons (Fsp3) is 0.545. The normalized spacial score (nSPS) is 14.9. The van der Waals surface area contributed by atoms with Crippen LogP contribution in [-0.2, 0) is 22.6 Å². The molecule has 1 aliphatic rings. The van der Waals surface area contributed by atoms with E-state index in [-0.39, 0.29) is 24.0 Å². The highest BCUT2D eigenvalue weighted by Gasteiger charge is 2.13. The van der Waals surface area contributed by atoms with Crippen LogP contribution in [0.2, 0.25) is 0 Å². The van der Waals surface area contributed by atoms with E-state index >= 15 is 0 Å². The lowest BCUT2D eigenvalue weighted by Gasteiger charge is -2.21. The lowest BCUT2D eigenvalue weighted by atomic mass is 10.0. The van der Waals surface area contributed by atoms with E-state index in [4.69, 9.17) is 9.47 Å². The highest BCUT2D eigenvalue weighted by atomic mass is 127. The topological polar surface area (TPSA) is 72.7 Å². The maximum atomic E-state index is 5.80. The van der Waals surface area contributed by atoms with Gasteiger partial charge < -0.3 is 24.7 Å². The third-order valence-electron chi connectivity index (χ3n) is 5.08. The minimum Gasteiger partial charge on any atom is -0.381 e. The molecule has 1 aromatic heterocycles. The molecule has 0 unspecified atom stereocenters. The van der Waals surface area contributed by atoms with Gasteiger partial charge in [-0.3, -0.25) is 4.99 Å². The average molecular weight is 527 g/mol. The number of rotatable bonds is 10. The van der Waals surface area contributed by atoms with E-state index in [0.717, 1.165) is 71.3 Å². The first-order valence-electron chi connectivity index (χ1n) is 10.5. The SMILES string of the molecule is CN=C(NCCCOCC1CCOCC1)NCc1ccc(Cn2ccnc2)cc1.I. The summed E-state index contributed by atoms with van der Waals surface area (Å²) in [6.07, 6.45) is 8.82. The van der Waals surface area contributed by atoms with Gasteiger partial charge in [0.1, 0.15) is 0 Å². The van der Waals surface area contributed by atoms with E-state index in [1.807, 2.05) is 12.5 Å². The van der Waals surface area contributed by atoms with Crippen LogP contribution in [0, 0.1) is 5.92 Å². The lowest BCUT2D eigenvalue weighted by Crippen LogP contribution is -2.37. The lowest BCUT2D eigenvalue weighted by molar-refractivity contribution is 0.0203. The van der Waals surface area contributed by atoms with Crippen molar-refractivity contribution >= 4 is 29.9 Å². The van der Waals surface area contributed by atoms with Crippen LogP contribution in [0.25, 0.3) is 0 Å². The molecular weight excluding hydrogens is 493 g/mol. The van der Waals surface area contributed by atoms with Crippen LogP contribution in [0.5, 0.6) is 0 Å². The molecule has 0 bridgehead atoms. The molecule has 0 atom stereocenters. The van der Waals surface area contributed by atoms with Crippen LogP contribution in [0.4, 0.5) is 0 Å². The summed E-state index contributed by atoms with van der Waals surface area (Å²) in [6, 6.07) is 8.61. The molecule has 1 saturated heterocycles. The van der Waals surface area contributed by atoms with Gasteiger partial charge in [-0.05, 0) is 36.3 Å². The van der Waals surface area contributed by atoms with Crippen molar-refractivity contribution in [1.82, 2.24) is 20.2 Å². The molecule has 1 aliphatic heterocycles. The van der Waals surface area contributed by atoms with Crippen molar-refractivity contribution in [3.63, 3.8) is 0 Å². The van der Waals surface area contributed by atoms with Crippen LogP contribution in [0.15, 0.2) is 48.0 Å². The van der Waals surface area contributed by atoms with Gasteiger partial charge in [0.05, 0.1) is 6.33 Å². The van der Waals surface area contributed by atoms with Gasteiger partial charge in [-0.2, -0.15) is 0 Å². The molecule has 0 radical (unpaired) electrons. The Labute approximate surface area is 196 Å². The zero-order valence-electron chi connectivity index (χ0n) is 17.8. The largest absolute Gasteiger partial charge is 0.381 e. The Morgan fingerprint density at radius 2 is 1.97 bits per heavy atom. The van der Waals surface area contributed by atoms with Crippen molar-refractivity contribution < 1.29 is 9.47 Å². The number of hydrogen-bond acceptors (Lipinski definition) is 4. The van der Waals surface area contributed by atoms with Gasteiger partial charge >= 0.3 is 0 Å². The maximum absolute atomic E-state index is 5.80. The summed E-state index contributed by atoms with van der Waals surface area (Å²) in [5.74, 6) is 1.48. The standard InChI is InChI=1S/C22H33N5O2.HI/c1-23-22(25-9-2-12-29-17-21-7-13-28-14-8-21)26-15-19-3-5-20(6-4-19)16-27-11-10-24-18-27;/h3-6,10-11,18,21H,2,7-9,12-17H2,1H3,(H2,23,25,26);1H. The quantitative estimate of drug-likeness (QED) is 0.215. The Morgan fingerprint density at radius 1 is 1.20 bits per heavy atom. The highest BCUT2D eigenvalue weighted by Crippen LogP contribution is 2.14. The van der Waals surface area contributed by atoms with Crippen LogP contribution in [0.1, 0.15) is 30.4 Å². The number of halogens is 1. The number of aromatic nitrogens is 2. The van der Waals surface area contributed by atoms with Crippen molar-refractivity contribution in [2.45, 2.75) is 32.4 Å². The predicted octanol–water partition coefficient (Wildman–Crippen LogP) is 3.05. The Kier molecular flexibility index (Phi) is 11.8. The molecule has 166 valence electrons. The molecule has 8 heteroatoms. The number of ether oxygens (including phenoxy) is 2. The molecule has 2 aromatic rings. The number of aliphatic imine (C=N–C) groups is 1. The van der Waals surface area contributed by atoms with E-state index in [1.54, 1.807) is 13.2 Å². The van der Waals surface area contributed by atoms with E-state index in [9.17, 15) is 0 Å². The first-order chi connectivity index (χ1) is 14.3. The van der Waals surface area contributed by atoms with Crippen LogP contribution in [-0.4, -0.2) is 55.5 Å². The molecule has 1 aromatic carbocycles. The fourth-order valence-electron chi connectivity index (χ4n) is 3.30. The summed E-state index contributed by atoms with van der Waals surface area (Å²) in [7, 11) is 1.80. The summed E-state index contributed by atoms with van der Waals surface area (Å²) in [5.41, 5.74) is 2.48. The molecule has 0 aliphatic carbocycles. The van der Waals surface area contributed by atoms with Crippen molar-refractivity contribution in [3.8, 4) is 0 Å². The maximum Gasteiger partial charge on any atom is 0.191 e. The summed E-state index contributed by atoms with van der Waals surface area (Å²) in [5, 5.41) is 6.71. The van der Waals surface area contributed by atoms with Gasteiger partial charge in [0.2, 0.25) is 0 Å². The van der Waals surface area contributed by atoms with Gasteiger partial charge in [-0.25, -0.2) is 4.98 Å². The van der Waals surface area contributed by atoms with Gasteiger partial charge in [-0.15, -0.1) is 24.0 Å². The summed E-state index contributed by atoms with van der Waals surface area (Å²) >= 11 is 0. The van der Waals surface area contributed by atoms with E-state index < -0.39 is 0 Å². The van der Waals surface area contributed by atoms with E-state index in [0.29, 0.717) is 5.92 Å². The fourth-order valence-corrected chi connectivity index (χ4v) is 3.30. The van der Waals surface area contributed by atoms with Crippen molar-refractivity contribution in [2.75, 3.05) is 40.0 Å². The zero-order valence-corrected chi connectivity index (χ0v) is 20.1. The molecule has 7 nitrogen and oxygen atoms in total. The minimum atomic E-state index is 0. The Balaban J connectivity index is 0.00000320. The zero-order chi connectivity index (χ0) is 20.2. The summed E-state index contributed by atoms with van der Waals surface area (Å²) in [6.45, 7) is 5.82. The smallest absolute Gasteiger partial charge is 0.191 e. The summed E-state index contributed by atoms with van der Waals surface area (Å²) < 4.78 is 13.2. The third kappa shape index (κ3) is 9.01. The first-order valence-corrected chi connectivity index (χ1v) is 10.5. The number of nitrogens with one attached hydrogen (secondary N) is 2. The number of guanidine groups is 1. The number of nitrogens with zero attached hydrogens (tertiary/aromatic N) is 3. The van der Waals surface area contributed by atoms with Gasteiger partial charge in [0, 0.05) is 65.5 Å². The Morgan fingerprint density at radius 3 is 2.67 bits per heavy atom. The second-order valence-electron chi connectivity index (χ2n) is 7.39. The number of hydrogen-bond donors (Lipinski definition) is 2. The molecule has 0 spiro atoms. The second kappa shape index (κ2) is 14.4. The van der Waals surface area contributed by atoms with Crippen molar-refractivity contribution in [3.05, 3.63) is 54.1 Å². The molecule has 2 heterocycles. The molecule has 30 heavy (non-hydrogen) atoms. The minimum absolute atomic E-state index is 0. The monoisotopic (exact) mass is 527 g/mol. The molecule has 0 saturated carbocycles. The van der Waals surface area contributed by atoms with Crippen molar-refractivity contribution in [2.24, 2.45) is 10.9 Å². The Hall–Kier alpha value is -1.65. The van der Waals surface area contributed by atoms with Crippen LogP contribution >= 0.6 is 24.0 Å². The summed E-state index contributed by atoms with van der Waals surface area (Å²) in [4.78, 5) is 8.37. The molecular formula is C22H34IN5O2. The number of imidazole rings is 1. The molecule has 3 rings (SSSR count). The highest BCUT2D eigenvalue weighted by molar-refractivity contribution is 14.0. The first kappa shape index (κ1) is 24.6. The van der Waals surface area contributed by atoms with E-state index in [1.165, 1.54) is 11.1 Å². The molecule has 1 fully saturated rings. The second-order valence-corrected chi connectivity index (χ2v) is 7.39. The van der Waals surface area contributed by atoms with Crippen LogP contribution in [0.3, 0.4) is 0 Å². The Bertz CT molecular complexity index is 716. The van der Waals surface area contributed by atoms with E-state index in [2.05, 4.69) is 49.4 Å². The predicted molar refractivity (Wildman–Crippen MR) is 130 cm³/mol. The van der Waals surface area contributed by atoms with Gasteiger partial charge in [-0.1, -0.05) is 24.3 Å². The number of benzene rings is 1.